The topological polar surface area (TPSA) is 81.0 Å². The van der Waals surface area contributed by atoms with Crippen molar-refractivity contribution in [3.05, 3.63) is 21.7 Å². The highest BCUT2D eigenvalue weighted by Crippen LogP contribution is 2.33. The lowest BCUT2D eigenvalue weighted by Gasteiger charge is -2.28. The largest absolute Gasteiger partial charge is 0.383 e. The maximum absolute atomic E-state index is 11.6. The zero-order valence-corrected chi connectivity index (χ0v) is 10.4. The number of nitrogens with two attached hydrogens (primary N) is 1. The molecule has 3 N–H and O–H groups in total. The molecule has 90 valence electrons. The summed E-state index contributed by atoms with van der Waals surface area (Å²) in [6.07, 6.45) is -0.289. The van der Waals surface area contributed by atoms with Crippen LogP contribution in [0.1, 0.15) is 38.3 Å². The molecular weight excluding hydrogens is 206 g/mol. The quantitative estimate of drug-likeness (QED) is 0.797. The Hall–Kier alpha value is -1.36. The van der Waals surface area contributed by atoms with Gasteiger partial charge in [-0.15, -0.1) is 0 Å². The Morgan fingerprint density at radius 2 is 2.00 bits per heavy atom. The van der Waals surface area contributed by atoms with Gasteiger partial charge < -0.3 is 15.5 Å². The highest BCUT2D eigenvalue weighted by Gasteiger charge is 2.28. The van der Waals surface area contributed by atoms with Crippen LogP contribution in [0, 0.1) is 12.3 Å². The molecule has 5 nitrogen and oxygen atoms in total. The Bertz CT molecular complexity index is 432. The van der Waals surface area contributed by atoms with Gasteiger partial charge in [0.15, 0.2) is 0 Å². The molecule has 0 aliphatic heterocycles. The maximum atomic E-state index is 11.6. The fraction of sp³-hybridized carbons (Fsp3) is 0.636. The maximum Gasteiger partial charge on any atom is 0.255 e. The van der Waals surface area contributed by atoms with Crippen LogP contribution in [-0.4, -0.2) is 17.1 Å². The third kappa shape index (κ3) is 2.41. The van der Waals surface area contributed by atoms with Crippen LogP contribution >= 0.6 is 0 Å². The summed E-state index contributed by atoms with van der Waals surface area (Å²) in [5.74, 6) is 0.730. The van der Waals surface area contributed by atoms with E-state index in [1.54, 1.807) is 14.0 Å². The lowest BCUT2D eigenvalue weighted by molar-refractivity contribution is 0.00858. The molecule has 1 aromatic rings. The van der Waals surface area contributed by atoms with E-state index in [-0.39, 0.29) is 22.9 Å². The molecule has 16 heavy (non-hydrogen) atoms. The molecule has 0 aromatic carbocycles. The predicted molar refractivity (Wildman–Crippen MR) is 63.2 cm³/mol. The average molecular weight is 225 g/mol. The minimum Gasteiger partial charge on any atom is -0.383 e. The number of nitrogens with zero attached hydrogens (tertiary/aromatic N) is 1. The summed E-state index contributed by atoms with van der Waals surface area (Å²) >= 11 is 0. The van der Waals surface area contributed by atoms with Crippen molar-refractivity contribution in [1.29, 1.82) is 0 Å². The number of aromatic nitrogens is 2. The van der Waals surface area contributed by atoms with E-state index in [0.29, 0.717) is 11.4 Å². The van der Waals surface area contributed by atoms with Gasteiger partial charge in [0.25, 0.3) is 5.56 Å². The monoisotopic (exact) mass is 225 g/mol. The van der Waals surface area contributed by atoms with Crippen molar-refractivity contribution in [2.45, 2.75) is 33.8 Å². The van der Waals surface area contributed by atoms with Crippen LogP contribution in [-0.2, 0) is 4.74 Å². The van der Waals surface area contributed by atoms with E-state index in [1.165, 1.54) is 0 Å². The highest BCUT2D eigenvalue weighted by atomic mass is 16.5. The summed E-state index contributed by atoms with van der Waals surface area (Å²) in [6.45, 7) is 7.68. The first-order valence-corrected chi connectivity index (χ1v) is 5.16. The molecule has 0 amide bonds. The van der Waals surface area contributed by atoms with Gasteiger partial charge in [-0.2, -0.15) is 0 Å². The lowest BCUT2D eigenvalue weighted by atomic mass is 9.88. The fourth-order valence-electron chi connectivity index (χ4n) is 1.57. The van der Waals surface area contributed by atoms with Crippen LogP contribution in [0.2, 0.25) is 0 Å². The van der Waals surface area contributed by atoms with Crippen LogP contribution in [0.25, 0.3) is 0 Å². The van der Waals surface area contributed by atoms with Gasteiger partial charge in [0.1, 0.15) is 17.7 Å². The van der Waals surface area contributed by atoms with Crippen molar-refractivity contribution >= 4 is 5.82 Å². The van der Waals surface area contributed by atoms with E-state index < -0.39 is 0 Å². The van der Waals surface area contributed by atoms with Crippen LogP contribution in [0.3, 0.4) is 0 Å². The van der Waals surface area contributed by atoms with Gasteiger partial charge in [0, 0.05) is 7.11 Å². The second-order valence-corrected chi connectivity index (χ2v) is 4.94. The number of H-pyrrole nitrogens is 1. The molecule has 0 aliphatic carbocycles. The number of aromatic amines is 1. The first-order chi connectivity index (χ1) is 7.27. The molecule has 1 heterocycles. The molecule has 1 rings (SSSR count). The standard InChI is InChI=1S/C11H19N3O2/c1-6-8(12)13-9(14-10(6)15)7(16-5)11(2,3)4/h7H,1-5H3,(H3,12,13,14,15). The van der Waals surface area contributed by atoms with Crippen molar-refractivity contribution in [1.82, 2.24) is 9.97 Å². The van der Waals surface area contributed by atoms with Gasteiger partial charge >= 0.3 is 0 Å². The zero-order valence-electron chi connectivity index (χ0n) is 10.4. The first-order valence-electron chi connectivity index (χ1n) is 5.16. The third-order valence-electron chi connectivity index (χ3n) is 2.48. The molecule has 0 spiro atoms. The van der Waals surface area contributed by atoms with Gasteiger partial charge in [-0.05, 0) is 12.3 Å². The molecule has 0 bridgehead atoms. The Labute approximate surface area is 95.0 Å². The number of nitrogen functional groups attached to an aromatic ring is 1. The minimum absolute atomic E-state index is 0.160. The van der Waals surface area contributed by atoms with E-state index in [1.807, 2.05) is 20.8 Å². The zero-order chi connectivity index (χ0) is 12.5. The second-order valence-electron chi connectivity index (χ2n) is 4.94. The number of hydrogen-bond donors (Lipinski definition) is 2. The molecule has 1 aromatic heterocycles. The molecule has 1 unspecified atom stereocenters. The van der Waals surface area contributed by atoms with Crippen LogP contribution < -0.4 is 11.3 Å². The van der Waals surface area contributed by atoms with E-state index in [2.05, 4.69) is 9.97 Å². The Balaban J connectivity index is 3.28. The number of hydrogen-bond acceptors (Lipinski definition) is 4. The normalized spacial score (nSPS) is 13.8. The van der Waals surface area contributed by atoms with Crippen molar-refractivity contribution in [2.75, 3.05) is 12.8 Å². The number of anilines is 1. The van der Waals surface area contributed by atoms with Crippen molar-refractivity contribution < 1.29 is 4.74 Å². The number of methoxy groups -OCH3 is 1. The summed E-state index contributed by atoms with van der Waals surface area (Å²) in [6, 6.07) is 0. The van der Waals surface area contributed by atoms with Crippen molar-refractivity contribution in [3.63, 3.8) is 0 Å². The molecular formula is C11H19N3O2. The third-order valence-corrected chi connectivity index (χ3v) is 2.48. The molecule has 0 aliphatic rings. The average Bonchev–Trinajstić information content (AvgIpc) is 2.12. The van der Waals surface area contributed by atoms with E-state index in [9.17, 15) is 4.79 Å². The van der Waals surface area contributed by atoms with Gasteiger partial charge in [0.05, 0.1) is 5.56 Å². The molecule has 0 saturated heterocycles. The molecule has 1 atom stereocenters. The summed E-state index contributed by atoms with van der Waals surface area (Å²) < 4.78 is 5.36. The Kier molecular flexibility index (Phi) is 3.38. The Morgan fingerprint density at radius 3 is 2.38 bits per heavy atom. The second kappa shape index (κ2) is 4.25. The van der Waals surface area contributed by atoms with E-state index in [4.69, 9.17) is 10.5 Å². The Morgan fingerprint density at radius 1 is 1.44 bits per heavy atom. The van der Waals surface area contributed by atoms with Gasteiger partial charge in [-0.1, -0.05) is 20.8 Å². The van der Waals surface area contributed by atoms with Crippen LogP contribution in [0.4, 0.5) is 5.82 Å². The van der Waals surface area contributed by atoms with E-state index >= 15 is 0 Å². The van der Waals surface area contributed by atoms with Crippen LogP contribution in [0.15, 0.2) is 4.79 Å². The number of ether oxygens (including phenoxy) is 1. The highest BCUT2D eigenvalue weighted by molar-refractivity contribution is 5.36. The first kappa shape index (κ1) is 12.7. The fourth-order valence-corrected chi connectivity index (χ4v) is 1.57. The van der Waals surface area contributed by atoms with E-state index in [0.717, 1.165) is 0 Å². The summed E-state index contributed by atoms with van der Waals surface area (Å²) in [7, 11) is 1.59. The van der Waals surface area contributed by atoms with Gasteiger partial charge in [-0.25, -0.2) is 4.98 Å². The summed E-state index contributed by atoms with van der Waals surface area (Å²) in [5, 5.41) is 0. The molecule has 5 heteroatoms. The predicted octanol–water partition coefficient (Wildman–Crippen LogP) is 1.39. The number of rotatable bonds is 2. The molecule has 0 fully saturated rings. The summed E-state index contributed by atoms with van der Waals surface area (Å²) in [4.78, 5) is 18.4. The summed E-state index contributed by atoms with van der Waals surface area (Å²) in [5.41, 5.74) is 5.73. The number of nitrogens with one attached hydrogen (secondary N) is 1. The SMILES string of the molecule is COC(c1nc(N)c(C)c(=O)[nH]1)C(C)(C)C. The van der Waals surface area contributed by atoms with Gasteiger partial charge in [-0.3, -0.25) is 4.79 Å². The van der Waals surface area contributed by atoms with Crippen molar-refractivity contribution in [2.24, 2.45) is 5.41 Å². The van der Waals surface area contributed by atoms with Gasteiger partial charge in [0.2, 0.25) is 0 Å². The van der Waals surface area contributed by atoms with Crippen molar-refractivity contribution in [3.8, 4) is 0 Å². The lowest BCUT2D eigenvalue weighted by Crippen LogP contribution is -2.26. The molecule has 0 saturated carbocycles. The van der Waals surface area contributed by atoms with Crippen LogP contribution in [0.5, 0.6) is 0 Å². The molecule has 0 radical (unpaired) electrons. The smallest absolute Gasteiger partial charge is 0.255 e. The minimum atomic E-state index is -0.289.